The van der Waals surface area contributed by atoms with E-state index < -0.39 is 51.2 Å². The van der Waals surface area contributed by atoms with Crippen LogP contribution in [0.25, 0.3) is 0 Å². The highest BCUT2D eigenvalue weighted by Gasteiger charge is 2.72. The Bertz CT molecular complexity index is 1410. The number of carbonyl (C=O) groups excluding carboxylic acids is 3. The van der Waals surface area contributed by atoms with Gasteiger partial charge < -0.3 is 5.11 Å². The second-order valence-corrected chi connectivity index (χ2v) is 12.0. The Morgan fingerprint density at radius 3 is 2.20 bits per heavy atom. The fourth-order valence-electron chi connectivity index (χ4n) is 5.68. The lowest BCUT2D eigenvalue weighted by atomic mass is 9.68. The molecule has 1 N–H and O–H groups in total. The molecule has 0 saturated carbocycles. The predicted octanol–water partition coefficient (Wildman–Crippen LogP) is 2.34. The summed E-state index contributed by atoms with van der Waals surface area (Å²) in [6.07, 6.45) is 1.36. The van der Waals surface area contributed by atoms with Crippen molar-refractivity contribution in [3.05, 3.63) is 75.3 Å². The molecule has 2 saturated heterocycles. The van der Waals surface area contributed by atoms with Crippen LogP contribution >= 0.6 is 15.9 Å². The van der Waals surface area contributed by atoms with Crippen molar-refractivity contribution in [3.63, 3.8) is 0 Å². The number of likely N-dealkylation sites (tertiary alicyclic amines) is 1. The van der Waals surface area contributed by atoms with Crippen LogP contribution < -0.4 is 0 Å². The van der Waals surface area contributed by atoms with Crippen molar-refractivity contribution >= 4 is 43.7 Å². The zero-order valence-electron chi connectivity index (χ0n) is 19.2. The van der Waals surface area contributed by atoms with Gasteiger partial charge >= 0.3 is 0 Å². The van der Waals surface area contributed by atoms with E-state index in [-0.39, 0.29) is 15.9 Å². The van der Waals surface area contributed by atoms with Crippen LogP contribution in [0.4, 0.5) is 0 Å². The van der Waals surface area contributed by atoms with E-state index in [0.717, 1.165) is 10.5 Å². The molecule has 3 amide bonds. The second-order valence-electron chi connectivity index (χ2n) is 9.36. The summed E-state index contributed by atoms with van der Waals surface area (Å²) in [5.74, 6) is -5.10. The zero-order chi connectivity index (χ0) is 25.4. The van der Waals surface area contributed by atoms with E-state index in [1.165, 1.54) is 6.08 Å². The maximum atomic E-state index is 13.9. The molecule has 4 atom stereocenters. The highest BCUT2D eigenvalue weighted by atomic mass is 79.9. The van der Waals surface area contributed by atoms with Gasteiger partial charge in [-0.05, 0) is 43.5 Å². The minimum atomic E-state index is -4.46. The van der Waals surface area contributed by atoms with Gasteiger partial charge in [-0.1, -0.05) is 64.0 Å². The van der Waals surface area contributed by atoms with Crippen LogP contribution in [0.1, 0.15) is 22.3 Å². The van der Waals surface area contributed by atoms with Crippen LogP contribution in [-0.4, -0.2) is 52.1 Å². The number of hydrogen-bond donors (Lipinski definition) is 1. The van der Waals surface area contributed by atoms with E-state index in [9.17, 15) is 27.9 Å². The predicted molar refractivity (Wildman–Crippen MR) is 129 cm³/mol. The average molecular weight is 559 g/mol. The molecule has 1 aliphatic carbocycles. The molecule has 0 unspecified atom stereocenters. The first kappa shape index (κ1) is 23.9. The molecule has 6 rings (SSSR count). The van der Waals surface area contributed by atoms with Crippen LogP contribution in [0, 0.1) is 32.6 Å². The maximum Gasteiger partial charge on any atom is 0.274 e. The number of fused-ring (bicyclic) bond motifs is 1. The number of piperidine rings is 1. The van der Waals surface area contributed by atoms with Crippen LogP contribution in [0.3, 0.4) is 0 Å². The Morgan fingerprint density at radius 1 is 1.00 bits per heavy atom. The van der Waals surface area contributed by atoms with Crippen molar-refractivity contribution in [2.24, 2.45) is 11.8 Å². The van der Waals surface area contributed by atoms with Crippen LogP contribution in [-0.2, 0) is 31.0 Å². The summed E-state index contributed by atoms with van der Waals surface area (Å²) in [5.41, 5.74) is -0.0523. The normalized spacial score (nSPS) is 28.0. The number of nitrogens with zero attached hydrogens (tertiary/aromatic N) is 2. The number of aliphatic hydroxyl groups is 1. The molecule has 3 aliphatic heterocycles. The molecular weight excluding hydrogens is 536 g/mol. The smallest absolute Gasteiger partial charge is 0.274 e. The van der Waals surface area contributed by atoms with Gasteiger partial charge in [0.2, 0.25) is 11.8 Å². The number of sulfonamides is 1. The quantitative estimate of drug-likeness (QED) is 0.576. The number of benzene rings is 2. The number of rotatable bonds is 4. The summed E-state index contributed by atoms with van der Waals surface area (Å²) in [5, 5.41) is 11.6. The van der Waals surface area contributed by atoms with E-state index in [4.69, 9.17) is 0 Å². The van der Waals surface area contributed by atoms with Crippen LogP contribution in [0.2, 0.25) is 0 Å². The van der Waals surface area contributed by atoms with Crippen molar-refractivity contribution < 1.29 is 27.9 Å². The van der Waals surface area contributed by atoms with Gasteiger partial charge in [0.25, 0.3) is 15.9 Å². The van der Waals surface area contributed by atoms with Crippen LogP contribution in [0.5, 0.6) is 0 Å². The zero-order valence-corrected chi connectivity index (χ0v) is 21.6. The van der Waals surface area contributed by atoms with E-state index in [2.05, 4.69) is 15.9 Å². The van der Waals surface area contributed by atoms with Gasteiger partial charge in [-0.3, -0.25) is 19.3 Å². The van der Waals surface area contributed by atoms with E-state index in [1.54, 1.807) is 56.3 Å². The van der Waals surface area contributed by atoms with Crippen molar-refractivity contribution in [2.45, 2.75) is 43.9 Å². The Hall–Kier alpha value is -2.82. The van der Waals surface area contributed by atoms with Gasteiger partial charge in [-0.2, -0.15) is 0 Å². The molecule has 4 aliphatic rings. The molecule has 2 aromatic carbocycles. The number of halogens is 1. The molecule has 0 radical (unpaired) electrons. The molecule has 2 aromatic rings. The SMILES string of the molecule is Cc1cc(C)c(S(=O)(=O)N2C(=O)[C@@]3(O)C(Br)=C[C@@H]2[C@@H]2C(=O)N(Cc4ccccc4)C(=O)[C@@H]23)c(C)c1. The van der Waals surface area contributed by atoms with Gasteiger partial charge in [-0.25, -0.2) is 12.7 Å². The van der Waals surface area contributed by atoms with Crippen molar-refractivity contribution in [1.29, 1.82) is 0 Å². The standard InChI is InChI=1S/C25H23BrN2O6S/c1-13-9-14(2)21(15(3)10-13)35(33,34)28-17-11-18(26)25(32,24(28)31)20-19(17)22(29)27(23(20)30)12-16-7-5-4-6-8-16/h4-11,17,19-20,32H,12H2,1-3H3/t17-,19+,20-,25-/m1/s1. The molecule has 3 heterocycles. The average Bonchev–Trinajstić information content (AvgIpc) is 3.02. The van der Waals surface area contributed by atoms with E-state index in [1.807, 2.05) is 6.92 Å². The largest absolute Gasteiger partial charge is 0.374 e. The van der Waals surface area contributed by atoms with Gasteiger partial charge in [0.15, 0.2) is 5.60 Å². The van der Waals surface area contributed by atoms with Gasteiger partial charge in [0, 0.05) is 4.48 Å². The molecule has 10 heteroatoms. The summed E-state index contributed by atoms with van der Waals surface area (Å²) in [4.78, 5) is 41.5. The number of hydrogen-bond acceptors (Lipinski definition) is 6. The Kier molecular flexibility index (Phi) is 5.35. The molecule has 0 aromatic heterocycles. The molecule has 2 fully saturated rings. The third kappa shape index (κ3) is 3.19. The highest BCUT2D eigenvalue weighted by molar-refractivity contribution is 9.11. The summed E-state index contributed by atoms with van der Waals surface area (Å²) >= 11 is 3.19. The van der Waals surface area contributed by atoms with Crippen molar-refractivity contribution in [3.8, 4) is 0 Å². The molecule has 2 bridgehead atoms. The Labute approximate surface area is 211 Å². The number of amides is 3. The monoisotopic (exact) mass is 558 g/mol. The first-order valence-corrected chi connectivity index (χ1v) is 13.3. The van der Waals surface area contributed by atoms with E-state index in [0.29, 0.717) is 21.0 Å². The van der Waals surface area contributed by atoms with Gasteiger partial charge in [-0.15, -0.1) is 0 Å². The number of carbonyl (C=O) groups is 3. The molecular formula is C25H23BrN2O6S. The summed E-state index contributed by atoms with van der Waals surface area (Å²) in [6, 6.07) is 11.0. The number of imide groups is 1. The third-order valence-corrected chi connectivity index (χ3v) is 10.00. The Balaban J connectivity index is 1.63. The summed E-state index contributed by atoms with van der Waals surface area (Å²) in [6.45, 7) is 5.06. The number of aryl methyl sites for hydroxylation is 3. The van der Waals surface area contributed by atoms with E-state index >= 15 is 0 Å². The van der Waals surface area contributed by atoms with Crippen LogP contribution in [0.15, 0.2) is 57.9 Å². The molecule has 8 nitrogen and oxygen atoms in total. The second kappa shape index (κ2) is 7.84. The third-order valence-electron chi connectivity index (χ3n) is 7.04. The summed E-state index contributed by atoms with van der Waals surface area (Å²) < 4.78 is 28.3. The lowest BCUT2D eigenvalue weighted by molar-refractivity contribution is -0.165. The van der Waals surface area contributed by atoms with Gasteiger partial charge in [0.05, 0.1) is 29.3 Å². The fraction of sp³-hybridized carbons (Fsp3) is 0.320. The molecule has 0 spiro atoms. The lowest BCUT2D eigenvalue weighted by Gasteiger charge is -2.50. The first-order valence-electron chi connectivity index (χ1n) is 11.1. The fourth-order valence-corrected chi connectivity index (χ4v) is 8.36. The molecule has 35 heavy (non-hydrogen) atoms. The first-order chi connectivity index (χ1) is 16.4. The summed E-state index contributed by atoms with van der Waals surface area (Å²) in [7, 11) is -4.46. The maximum absolute atomic E-state index is 13.9. The lowest BCUT2D eigenvalue weighted by Crippen LogP contribution is -2.70. The topological polar surface area (TPSA) is 112 Å². The van der Waals surface area contributed by atoms with Crippen molar-refractivity contribution in [2.75, 3.05) is 0 Å². The highest BCUT2D eigenvalue weighted by Crippen LogP contribution is 2.54. The van der Waals surface area contributed by atoms with Gasteiger partial charge in [0.1, 0.15) is 0 Å². The minimum absolute atomic E-state index is 0.00670. The minimum Gasteiger partial charge on any atom is -0.374 e. The Morgan fingerprint density at radius 2 is 1.60 bits per heavy atom. The molecule has 182 valence electrons. The van der Waals surface area contributed by atoms with Crippen molar-refractivity contribution in [1.82, 2.24) is 9.21 Å².